The van der Waals surface area contributed by atoms with E-state index < -0.39 is 11.5 Å². The second-order valence-corrected chi connectivity index (χ2v) is 3.90. The number of carbonyl (C=O) groups is 1. The minimum Gasteiger partial charge on any atom is -0.480 e. The molecule has 4 nitrogen and oxygen atoms in total. The first-order valence-corrected chi connectivity index (χ1v) is 5.50. The molecule has 0 rings (SSSR count). The minimum absolute atomic E-state index is 0.475. The van der Waals surface area contributed by atoms with Crippen LogP contribution in [0, 0.1) is 0 Å². The van der Waals surface area contributed by atoms with Gasteiger partial charge < -0.3 is 9.84 Å². The number of hydrogen-bond acceptors (Lipinski definition) is 3. The zero-order valence-electron chi connectivity index (χ0n) is 10.2. The Balaban J connectivity index is 4.64. The Morgan fingerprint density at radius 1 is 1.47 bits per heavy atom. The normalized spacial score (nSPS) is 15.3. The van der Waals surface area contributed by atoms with Gasteiger partial charge in [0.15, 0.2) is 0 Å². The third kappa shape index (κ3) is 3.80. The minimum atomic E-state index is -0.805. The summed E-state index contributed by atoms with van der Waals surface area (Å²) in [6, 6.07) is 0. The molecule has 1 atom stereocenters. The highest BCUT2D eigenvalue weighted by molar-refractivity contribution is 5.78. The highest BCUT2D eigenvalue weighted by Gasteiger charge is 2.37. The van der Waals surface area contributed by atoms with E-state index in [0.29, 0.717) is 13.0 Å². The molecule has 0 aliphatic heterocycles. The molecule has 0 heterocycles. The smallest absolute Gasteiger partial charge is 0.323 e. The molecule has 4 heteroatoms. The van der Waals surface area contributed by atoms with Gasteiger partial charge in [-0.15, -0.1) is 0 Å². The van der Waals surface area contributed by atoms with Crippen molar-refractivity contribution in [2.75, 3.05) is 26.8 Å². The molecule has 1 unspecified atom stereocenters. The van der Waals surface area contributed by atoms with Crippen molar-refractivity contribution in [3.8, 4) is 0 Å². The molecule has 0 aromatic heterocycles. The molecule has 0 spiro atoms. The first kappa shape index (κ1) is 14.4. The number of methoxy groups -OCH3 is 1. The van der Waals surface area contributed by atoms with E-state index in [0.717, 1.165) is 19.5 Å². The molecule has 15 heavy (non-hydrogen) atoms. The van der Waals surface area contributed by atoms with Gasteiger partial charge in [-0.3, -0.25) is 9.69 Å². The number of rotatable bonds is 8. The number of carboxylic acid groups (broad SMARTS) is 1. The number of nitrogens with zero attached hydrogens (tertiary/aromatic N) is 1. The summed E-state index contributed by atoms with van der Waals surface area (Å²) in [6.07, 6.45) is 1.48. The molecule has 0 saturated heterocycles. The van der Waals surface area contributed by atoms with E-state index in [4.69, 9.17) is 4.74 Å². The van der Waals surface area contributed by atoms with Crippen LogP contribution in [0.5, 0.6) is 0 Å². The van der Waals surface area contributed by atoms with Crippen LogP contribution in [0.1, 0.15) is 33.6 Å². The van der Waals surface area contributed by atoms with Crippen LogP contribution in [-0.4, -0.2) is 48.3 Å². The largest absolute Gasteiger partial charge is 0.480 e. The zero-order valence-corrected chi connectivity index (χ0v) is 10.2. The molecular weight excluding hydrogens is 194 g/mol. The molecule has 90 valence electrons. The van der Waals surface area contributed by atoms with E-state index in [1.165, 1.54) is 0 Å². The number of likely N-dealkylation sites (N-methyl/N-ethyl adjacent to an activating group) is 1. The van der Waals surface area contributed by atoms with Crippen LogP contribution in [-0.2, 0) is 9.53 Å². The standard InChI is InChI=1S/C11H23NO3/c1-5-8-12(6-2)11(3,10(13)14)7-9-15-4/h5-9H2,1-4H3,(H,13,14). The fourth-order valence-corrected chi connectivity index (χ4v) is 1.72. The van der Waals surface area contributed by atoms with Gasteiger partial charge in [0.05, 0.1) is 0 Å². The van der Waals surface area contributed by atoms with Crippen molar-refractivity contribution in [2.45, 2.75) is 39.2 Å². The van der Waals surface area contributed by atoms with Gasteiger partial charge in [0, 0.05) is 13.7 Å². The predicted octanol–water partition coefficient (Wildman–Crippen LogP) is 1.60. The number of ether oxygens (including phenoxy) is 1. The molecular formula is C11H23NO3. The highest BCUT2D eigenvalue weighted by Crippen LogP contribution is 2.20. The molecule has 0 aromatic rings. The lowest BCUT2D eigenvalue weighted by Gasteiger charge is -2.37. The SMILES string of the molecule is CCCN(CC)C(C)(CCOC)C(=O)O. The summed E-state index contributed by atoms with van der Waals surface area (Å²) in [5.41, 5.74) is -0.805. The van der Waals surface area contributed by atoms with Gasteiger partial charge in [-0.25, -0.2) is 0 Å². The Labute approximate surface area is 92.2 Å². The third-order valence-electron chi connectivity index (χ3n) is 2.83. The average molecular weight is 217 g/mol. The van der Waals surface area contributed by atoms with E-state index in [9.17, 15) is 9.90 Å². The molecule has 0 saturated carbocycles. The summed E-state index contributed by atoms with van der Waals surface area (Å²) in [4.78, 5) is 13.3. The van der Waals surface area contributed by atoms with Crippen LogP contribution in [0.15, 0.2) is 0 Å². The van der Waals surface area contributed by atoms with E-state index in [-0.39, 0.29) is 0 Å². The van der Waals surface area contributed by atoms with E-state index in [2.05, 4.69) is 6.92 Å². The summed E-state index contributed by atoms with van der Waals surface area (Å²) in [7, 11) is 1.60. The molecule has 0 aromatic carbocycles. The molecule has 0 aliphatic rings. The van der Waals surface area contributed by atoms with Gasteiger partial charge in [0.1, 0.15) is 5.54 Å². The fourth-order valence-electron chi connectivity index (χ4n) is 1.72. The average Bonchev–Trinajstić information content (AvgIpc) is 2.22. The van der Waals surface area contributed by atoms with Gasteiger partial charge in [0.2, 0.25) is 0 Å². The fraction of sp³-hybridized carbons (Fsp3) is 0.909. The first-order chi connectivity index (χ1) is 7.02. The first-order valence-electron chi connectivity index (χ1n) is 5.50. The van der Waals surface area contributed by atoms with E-state index in [1.54, 1.807) is 14.0 Å². The maximum atomic E-state index is 11.3. The number of hydrogen-bond donors (Lipinski definition) is 1. The monoisotopic (exact) mass is 217 g/mol. The van der Waals surface area contributed by atoms with Crippen molar-refractivity contribution in [3.63, 3.8) is 0 Å². The Kier molecular flexibility index (Phi) is 6.52. The lowest BCUT2D eigenvalue weighted by atomic mass is 9.95. The van der Waals surface area contributed by atoms with Crippen LogP contribution in [0.2, 0.25) is 0 Å². The van der Waals surface area contributed by atoms with Crippen LogP contribution in [0.4, 0.5) is 0 Å². The Morgan fingerprint density at radius 3 is 2.40 bits per heavy atom. The Hall–Kier alpha value is -0.610. The topological polar surface area (TPSA) is 49.8 Å². The van der Waals surface area contributed by atoms with Gasteiger partial charge in [-0.2, -0.15) is 0 Å². The highest BCUT2D eigenvalue weighted by atomic mass is 16.5. The second kappa shape index (κ2) is 6.80. The van der Waals surface area contributed by atoms with Gasteiger partial charge in [-0.1, -0.05) is 13.8 Å². The van der Waals surface area contributed by atoms with Crippen LogP contribution >= 0.6 is 0 Å². The Bertz CT molecular complexity index is 196. The lowest BCUT2D eigenvalue weighted by molar-refractivity contribution is -0.151. The summed E-state index contributed by atoms with van der Waals surface area (Å²) < 4.78 is 4.97. The predicted molar refractivity (Wildman–Crippen MR) is 60.1 cm³/mol. The van der Waals surface area contributed by atoms with Crippen molar-refractivity contribution in [1.29, 1.82) is 0 Å². The summed E-state index contributed by atoms with van der Waals surface area (Å²) in [6.45, 7) is 7.85. The van der Waals surface area contributed by atoms with E-state index >= 15 is 0 Å². The van der Waals surface area contributed by atoms with Crippen molar-refractivity contribution < 1.29 is 14.6 Å². The molecule has 0 fully saturated rings. The van der Waals surface area contributed by atoms with Gasteiger partial charge >= 0.3 is 5.97 Å². The van der Waals surface area contributed by atoms with Crippen molar-refractivity contribution in [1.82, 2.24) is 4.90 Å². The maximum Gasteiger partial charge on any atom is 0.323 e. The van der Waals surface area contributed by atoms with Gasteiger partial charge in [0.25, 0.3) is 0 Å². The Morgan fingerprint density at radius 2 is 2.07 bits per heavy atom. The zero-order chi connectivity index (χ0) is 11.9. The van der Waals surface area contributed by atoms with Crippen molar-refractivity contribution in [2.24, 2.45) is 0 Å². The number of aliphatic carboxylic acids is 1. The van der Waals surface area contributed by atoms with Crippen molar-refractivity contribution >= 4 is 5.97 Å². The summed E-state index contributed by atoms with van der Waals surface area (Å²) >= 11 is 0. The number of carboxylic acids is 1. The molecule has 1 N–H and O–H groups in total. The molecule has 0 bridgehead atoms. The second-order valence-electron chi connectivity index (χ2n) is 3.90. The lowest BCUT2D eigenvalue weighted by Crippen LogP contribution is -2.53. The molecule has 0 aliphatic carbocycles. The van der Waals surface area contributed by atoms with Crippen LogP contribution in [0.25, 0.3) is 0 Å². The molecule has 0 radical (unpaired) electrons. The maximum absolute atomic E-state index is 11.3. The molecule has 0 amide bonds. The third-order valence-corrected chi connectivity index (χ3v) is 2.83. The van der Waals surface area contributed by atoms with E-state index in [1.807, 2.05) is 11.8 Å². The summed E-state index contributed by atoms with van der Waals surface area (Å²) in [5, 5.41) is 9.29. The van der Waals surface area contributed by atoms with Crippen molar-refractivity contribution in [3.05, 3.63) is 0 Å². The van der Waals surface area contributed by atoms with Gasteiger partial charge in [-0.05, 0) is 32.9 Å². The summed E-state index contributed by atoms with van der Waals surface area (Å²) in [5.74, 6) is -0.769. The quantitative estimate of drug-likeness (QED) is 0.671. The van der Waals surface area contributed by atoms with Crippen LogP contribution < -0.4 is 0 Å². The van der Waals surface area contributed by atoms with Crippen LogP contribution in [0.3, 0.4) is 0 Å².